The highest BCUT2D eigenvalue weighted by atomic mass is 19.2. The van der Waals surface area contributed by atoms with Crippen LogP contribution in [0.5, 0.6) is 6.01 Å². The molecule has 1 atom stereocenters. The number of likely N-dealkylation sites (N-methyl/N-ethyl adjacent to an activating group) is 1. The maximum absolute atomic E-state index is 16.0. The van der Waals surface area contributed by atoms with Crippen molar-refractivity contribution in [2.24, 2.45) is 0 Å². The van der Waals surface area contributed by atoms with E-state index in [1.165, 1.54) is 31.5 Å². The number of benzene rings is 2. The van der Waals surface area contributed by atoms with Gasteiger partial charge in [-0.25, -0.2) is 13.2 Å². The van der Waals surface area contributed by atoms with E-state index in [1.54, 1.807) is 24.1 Å². The molecule has 7 nitrogen and oxygen atoms in total. The van der Waals surface area contributed by atoms with Crippen LogP contribution in [0.1, 0.15) is 6.42 Å². The Morgan fingerprint density at radius 1 is 1.19 bits per heavy atom. The van der Waals surface area contributed by atoms with Crippen LogP contribution in [0.4, 0.5) is 19.0 Å². The third kappa shape index (κ3) is 3.78. The molecule has 1 amide bonds. The Labute approximate surface area is 204 Å². The molecule has 0 unspecified atom stereocenters. The number of rotatable bonds is 5. The third-order valence-electron chi connectivity index (χ3n) is 6.55. The molecule has 0 saturated carbocycles. The molecule has 2 aromatic heterocycles. The summed E-state index contributed by atoms with van der Waals surface area (Å²) in [4.78, 5) is 28.5. The average Bonchev–Trinajstić information content (AvgIpc) is 3.40. The summed E-state index contributed by atoms with van der Waals surface area (Å²) in [6, 6.07) is 7.02. The molecule has 10 heteroatoms. The topological polar surface area (TPSA) is 71.5 Å². The van der Waals surface area contributed by atoms with E-state index in [1.807, 2.05) is 4.90 Å². The van der Waals surface area contributed by atoms with Crippen LogP contribution in [-0.2, 0) is 4.79 Å². The van der Waals surface area contributed by atoms with Crippen LogP contribution in [0.3, 0.4) is 0 Å². The molecule has 0 radical (unpaired) electrons. The number of nitrogens with zero attached hydrogens (tertiary/aromatic N) is 5. The first-order chi connectivity index (χ1) is 17.3. The van der Waals surface area contributed by atoms with Crippen molar-refractivity contribution in [1.29, 1.82) is 0 Å². The molecule has 0 spiro atoms. The zero-order valence-corrected chi connectivity index (χ0v) is 19.6. The summed E-state index contributed by atoms with van der Waals surface area (Å²) < 4.78 is 50.0. The zero-order chi connectivity index (χ0) is 25.6. The summed E-state index contributed by atoms with van der Waals surface area (Å²) in [6.45, 7) is 4.54. The fourth-order valence-corrected chi connectivity index (χ4v) is 4.64. The Balaban J connectivity index is 1.65. The molecule has 3 heterocycles. The molecule has 1 fully saturated rings. The van der Waals surface area contributed by atoms with Crippen molar-refractivity contribution in [3.63, 3.8) is 0 Å². The molecule has 1 aliphatic heterocycles. The van der Waals surface area contributed by atoms with Crippen LogP contribution in [0.15, 0.2) is 49.2 Å². The number of aromatic nitrogens is 3. The van der Waals surface area contributed by atoms with Crippen molar-refractivity contribution in [2.75, 3.05) is 32.1 Å². The molecule has 0 bridgehead atoms. The second-order valence-corrected chi connectivity index (χ2v) is 8.52. The van der Waals surface area contributed by atoms with E-state index in [-0.39, 0.29) is 40.1 Å². The van der Waals surface area contributed by atoms with Crippen molar-refractivity contribution < 1.29 is 22.7 Å². The lowest BCUT2D eigenvalue weighted by atomic mass is 10.00. The highest BCUT2D eigenvalue weighted by Gasteiger charge is 2.30. The number of likely N-dealkylation sites (tertiary alicyclic amines) is 1. The predicted octanol–water partition coefficient (Wildman–Crippen LogP) is 4.49. The van der Waals surface area contributed by atoms with Gasteiger partial charge < -0.3 is 14.5 Å². The number of anilines is 1. The standard InChI is InChI=1S/C26H22F3N5O2/c1-4-19(35)34-11-10-15(13-34)33(2)25-17-12-30-23(22(29)24(17)31-26(32-25)36-3)16-7-5-6-14-8-9-18(27)21(28)20(14)16/h4-9,12,15H,1,10-11,13H2,2-3H3/t15-/m1/s1. The summed E-state index contributed by atoms with van der Waals surface area (Å²) in [6.07, 6.45) is 3.36. The Kier molecular flexibility index (Phi) is 5.95. The minimum absolute atomic E-state index is 0.0624. The van der Waals surface area contributed by atoms with Crippen molar-refractivity contribution >= 4 is 33.4 Å². The molecule has 36 heavy (non-hydrogen) atoms. The van der Waals surface area contributed by atoms with Gasteiger partial charge in [-0.15, -0.1) is 0 Å². The summed E-state index contributed by atoms with van der Waals surface area (Å²) in [5, 5.41) is 0.660. The van der Waals surface area contributed by atoms with E-state index >= 15 is 4.39 Å². The van der Waals surface area contributed by atoms with Gasteiger partial charge in [0.05, 0.1) is 12.5 Å². The molecular formula is C26H22F3N5O2. The minimum atomic E-state index is -1.08. The zero-order valence-electron chi connectivity index (χ0n) is 19.6. The molecule has 0 N–H and O–H groups in total. The van der Waals surface area contributed by atoms with Gasteiger partial charge in [0.15, 0.2) is 17.5 Å². The van der Waals surface area contributed by atoms with Crippen LogP contribution < -0.4 is 9.64 Å². The Morgan fingerprint density at radius 3 is 2.75 bits per heavy atom. The number of amides is 1. The van der Waals surface area contributed by atoms with E-state index in [9.17, 15) is 13.6 Å². The second kappa shape index (κ2) is 9.10. The molecule has 1 aliphatic rings. The maximum atomic E-state index is 16.0. The average molecular weight is 493 g/mol. The fourth-order valence-electron chi connectivity index (χ4n) is 4.64. The first kappa shape index (κ1) is 23.5. The van der Waals surface area contributed by atoms with Crippen LogP contribution >= 0.6 is 0 Å². The lowest BCUT2D eigenvalue weighted by Crippen LogP contribution is -2.36. The van der Waals surface area contributed by atoms with E-state index in [4.69, 9.17) is 4.74 Å². The molecule has 1 saturated heterocycles. The van der Waals surface area contributed by atoms with Crippen molar-refractivity contribution in [3.8, 4) is 17.3 Å². The van der Waals surface area contributed by atoms with Crippen molar-refractivity contribution in [1.82, 2.24) is 19.9 Å². The Morgan fingerprint density at radius 2 is 2.00 bits per heavy atom. The van der Waals surface area contributed by atoms with Gasteiger partial charge >= 0.3 is 6.01 Å². The number of hydrogen-bond acceptors (Lipinski definition) is 6. The van der Waals surface area contributed by atoms with Gasteiger partial charge in [-0.05, 0) is 23.9 Å². The van der Waals surface area contributed by atoms with Crippen LogP contribution in [-0.4, -0.2) is 59.0 Å². The largest absolute Gasteiger partial charge is 0.467 e. The van der Waals surface area contributed by atoms with E-state index in [0.29, 0.717) is 36.1 Å². The first-order valence-electron chi connectivity index (χ1n) is 11.3. The molecule has 5 rings (SSSR count). The molecule has 0 aliphatic carbocycles. The van der Waals surface area contributed by atoms with Gasteiger partial charge in [-0.2, -0.15) is 9.97 Å². The predicted molar refractivity (Wildman–Crippen MR) is 130 cm³/mol. The van der Waals surface area contributed by atoms with Crippen LogP contribution in [0.25, 0.3) is 32.9 Å². The van der Waals surface area contributed by atoms with Crippen LogP contribution in [0.2, 0.25) is 0 Å². The molecule has 4 aromatic rings. The molecule has 2 aromatic carbocycles. The Hall–Kier alpha value is -4.21. The van der Waals surface area contributed by atoms with Gasteiger partial charge in [0, 0.05) is 43.3 Å². The van der Waals surface area contributed by atoms with E-state index in [0.717, 1.165) is 6.07 Å². The number of carbonyl (C=O) groups excluding carboxylic acids is 1. The van der Waals surface area contributed by atoms with Gasteiger partial charge in [-0.1, -0.05) is 30.8 Å². The highest BCUT2D eigenvalue weighted by Crippen LogP contribution is 2.36. The summed E-state index contributed by atoms with van der Waals surface area (Å²) in [7, 11) is 3.16. The smallest absolute Gasteiger partial charge is 0.318 e. The fraction of sp³-hybridized carbons (Fsp3) is 0.231. The van der Waals surface area contributed by atoms with Gasteiger partial charge in [0.1, 0.15) is 17.0 Å². The summed E-state index contributed by atoms with van der Waals surface area (Å²) >= 11 is 0. The monoisotopic (exact) mass is 493 g/mol. The number of carbonyl (C=O) groups is 1. The van der Waals surface area contributed by atoms with E-state index < -0.39 is 17.5 Å². The first-order valence-corrected chi connectivity index (χ1v) is 11.3. The SMILES string of the molecule is C=CC(=O)N1CC[C@@H](N(C)c2nc(OC)nc3c(F)c(-c4cccc5ccc(F)c(F)c45)ncc23)C1. The minimum Gasteiger partial charge on any atom is -0.467 e. The third-order valence-corrected chi connectivity index (χ3v) is 6.55. The number of methoxy groups -OCH3 is 1. The van der Waals surface area contributed by atoms with E-state index in [2.05, 4.69) is 21.5 Å². The summed E-state index contributed by atoms with van der Waals surface area (Å²) in [5.41, 5.74) is -0.138. The van der Waals surface area contributed by atoms with Gasteiger partial charge in [0.2, 0.25) is 5.91 Å². The number of halogens is 3. The Bertz CT molecular complexity index is 1530. The van der Waals surface area contributed by atoms with Gasteiger partial charge in [-0.3, -0.25) is 9.78 Å². The van der Waals surface area contributed by atoms with Gasteiger partial charge in [0.25, 0.3) is 0 Å². The number of pyridine rings is 1. The van der Waals surface area contributed by atoms with Crippen molar-refractivity contribution in [2.45, 2.75) is 12.5 Å². The quantitative estimate of drug-likeness (QED) is 0.382. The lowest BCUT2D eigenvalue weighted by Gasteiger charge is -2.27. The molecule has 184 valence electrons. The maximum Gasteiger partial charge on any atom is 0.318 e. The summed E-state index contributed by atoms with van der Waals surface area (Å²) in [5.74, 6) is -2.71. The highest BCUT2D eigenvalue weighted by molar-refractivity contribution is 5.99. The second-order valence-electron chi connectivity index (χ2n) is 8.52. The normalized spacial score (nSPS) is 15.5. The van der Waals surface area contributed by atoms with Crippen LogP contribution in [0, 0.1) is 17.5 Å². The lowest BCUT2D eigenvalue weighted by molar-refractivity contribution is -0.125. The van der Waals surface area contributed by atoms with Crippen molar-refractivity contribution in [3.05, 3.63) is 66.6 Å². The number of ether oxygens (including phenoxy) is 1. The number of fused-ring (bicyclic) bond motifs is 2. The number of hydrogen-bond donors (Lipinski definition) is 0. The molecular weight excluding hydrogens is 471 g/mol.